The fraction of sp³-hybridized carbons (Fsp3) is 0.583. The van der Waals surface area contributed by atoms with Crippen molar-refractivity contribution in [3.05, 3.63) is 22.4 Å². The predicted octanol–water partition coefficient (Wildman–Crippen LogP) is 2.09. The van der Waals surface area contributed by atoms with Crippen LogP contribution in [-0.2, 0) is 4.79 Å². The topological polar surface area (TPSA) is 32.3 Å². The average molecular weight is 275 g/mol. The van der Waals surface area contributed by atoms with Gasteiger partial charge in [-0.1, -0.05) is 0 Å². The van der Waals surface area contributed by atoms with Crippen LogP contribution in [0.5, 0.6) is 0 Å². The number of hydrogen-bond acceptors (Lipinski definition) is 3. The van der Waals surface area contributed by atoms with Crippen LogP contribution < -0.4 is 5.32 Å². The number of amides is 1. The van der Waals surface area contributed by atoms with E-state index >= 15 is 0 Å². The molecule has 2 atom stereocenters. The molecule has 0 bridgehead atoms. The van der Waals surface area contributed by atoms with Gasteiger partial charge in [0, 0.05) is 25.7 Å². The summed E-state index contributed by atoms with van der Waals surface area (Å²) in [7, 11) is 0. The first-order valence-corrected chi connectivity index (χ1v) is 6.67. The Kier molecular flexibility index (Phi) is 5.43. The molecule has 2 heterocycles. The fourth-order valence-electron chi connectivity index (χ4n) is 2.08. The van der Waals surface area contributed by atoms with Gasteiger partial charge in [0.15, 0.2) is 0 Å². The third kappa shape index (κ3) is 3.21. The van der Waals surface area contributed by atoms with E-state index in [4.69, 9.17) is 0 Å². The van der Waals surface area contributed by atoms with Gasteiger partial charge < -0.3 is 10.2 Å². The lowest BCUT2D eigenvalue weighted by Crippen LogP contribution is -2.53. The summed E-state index contributed by atoms with van der Waals surface area (Å²) in [6.07, 6.45) is 0. The normalized spacial score (nSPS) is 21.8. The molecular formula is C12H19ClN2OS. The van der Waals surface area contributed by atoms with Crippen LogP contribution in [0.2, 0.25) is 0 Å². The maximum absolute atomic E-state index is 12.3. The monoisotopic (exact) mass is 274 g/mol. The van der Waals surface area contributed by atoms with E-state index in [1.807, 2.05) is 23.3 Å². The predicted molar refractivity (Wildman–Crippen MR) is 74.0 cm³/mol. The number of thiophene rings is 1. The quantitative estimate of drug-likeness (QED) is 0.896. The Bertz CT molecular complexity index is 355. The highest BCUT2D eigenvalue weighted by molar-refractivity contribution is 7.08. The molecule has 0 aliphatic carbocycles. The number of nitrogens with one attached hydrogen (secondary N) is 1. The van der Waals surface area contributed by atoms with Crippen LogP contribution in [0.1, 0.15) is 25.3 Å². The second-order valence-corrected chi connectivity index (χ2v) is 5.14. The van der Waals surface area contributed by atoms with Crippen LogP contribution in [0.15, 0.2) is 16.8 Å². The van der Waals surface area contributed by atoms with E-state index in [0.717, 1.165) is 25.2 Å². The standard InChI is InChI=1S/C12H18N2OS.ClH/c1-9-7-13-4-5-14(9)12(15)10(2)11-3-6-16-8-11;/h3,6,8-10,13H,4-5,7H2,1-2H3;1H/t9-,10?;/m0./s1. The molecule has 0 aromatic carbocycles. The van der Waals surface area contributed by atoms with Crippen LogP contribution in [-0.4, -0.2) is 36.5 Å². The van der Waals surface area contributed by atoms with Crippen LogP contribution in [0.25, 0.3) is 0 Å². The van der Waals surface area contributed by atoms with Crippen molar-refractivity contribution < 1.29 is 4.79 Å². The highest BCUT2D eigenvalue weighted by Gasteiger charge is 2.27. The summed E-state index contributed by atoms with van der Waals surface area (Å²) >= 11 is 1.65. The van der Waals surface area contributed by atoms with Crippen molar-refractivity contribution in [2.45, 2.75) is 25.8 Å². The third-order valence-corrected chi connectivity index (χ3v) is 3.90. The Hall–Kier alpha value is -0.580. The number of rotatable bonds is 2. The van der Waals surface area contributed by atoms with Crippen LogP contribution in [0, 0.1) is 0 Å². The van der Waals surface area contributed by atoms with Crippen molar-refractivity contribution in [2.24, 2.45) is 0 Å². The zero-order valence-electron chi connectivity index (χ0n) is 10.2. The van der Waals surface area contributed by atoms with E-state index in [1.54, 1.807) is 11.3 Å². The van der Waals surface area contributed by atoms with Gasteiger partial charge in [-0.15, -0.1) is 12.4 Å². The van der Waals surface area contributed by atoms with Gasteiger partial charge >= 0.3 is 0 Å². The second-order valence-electron chi connectivity index (χ2n) is 4.36. The van der Waals surface area contributed by atoms with E-state index in [0.29, 0.717) is 6.04 Å². The minimum absolute atomic E-state index is 0. The van der Waals surface area contributed by atoms with Gasteiger partial charge in [0.05, 0.1) is 5.92 Å². The molecule has 1 aliphatic rings. The zero-order chi connectivity index (χ0) is 11.5. The summed E-state index contributed by atoms with van der Waals surface area (Å²) < 4.78 is 0. The van der Waals surface area contributed by atoms with Gasteiger partial charge in [-0.3, -0.25) is 4.79 Å². The smallest absolute Gasteiger partial charge is 0.230 e. The van der Waals surface area contributed by atoms with E-state index in [1.165, 1.54) is 0 Å². The number of piperazine rings is 1. The molecule has 1 saturated heterocycles. The Balaban J connectivity index is 0.00000144. The number of carbonyl (C=O) groups excluding carboxylic acids is 1. The second kappa shape index (κ2) is 6.38. The lowest BCUT2D eigenvalue weighted by molar-refractivity contribution is -0.135. The number of hydrogen-bond donors (Lipinski definition) is 1. The minimum Gasteiger partial charge on any atom is -0.337 e. The molecule has 5 heteroatoms. The van der Waals surface area contributed by atoms with Gasteiger partial charge in [0.1, 0.15) is 0 Å². The van der Waals surface area contributed by atoms with Crippen LogP contribution in [0.4, 0.5) is 0 Å². The molecule has 0 saturated carbocycles. The Morgan fingerprint density at radius 1 is 1.65 bits per heavy atom. The van der Waals surface area contributed by atoms with Gasteiger partial charge in [-0.2, -0.15) is 11.3 Å². The van der Waals surface area contributed by atoms with Crippen molar-refractivity contribution in [1.29, 1.82) is 0 Å². The van der Waals surface area contributed by atoms with Crippen molar-refractivity contribution in [3.63, 3.8) is 0 Å². The van der Waals surface area contributed by atoms with Gasteiger partial charge in [0.25, 0.3) is 0 Å². The number of halogens is 1. The molecule has 1 fully saturated rings. The molecule has 1 unspecified atom stereocenters. The van der Waals surface area contributed by atoms with E-state index < -0.39 is 0 Å². The number of carbonyl (C=O) groups is 1. The largest absolute Gasteiger partial charge is 0.337 e. The minimum atomic E-state index is -0.00759. The first-order chi connectivity index (χ1) is 7.70. The summed E-state index contributed by atoms with van der Waals surface area (Å²) in [5.41, 5.74) is 1.14. The highest BCUT2D eigenvalue weighted by Crippen LogP contribution is 2.21. The van der Waals surface area contributed by atoms with E-state index in [-0.39, 0.29) is 24.2 Å². The van der Waals surface area contributed by atoms with E-state index in [2.05, 4.69) is 17.6 Å². The van der Waals surface area contributed by atoms with Crippen molar-refractivity contribution in [2.75, 3.05) is 19.6 Å². The lowest BCUT2D eigenvalue weighted by Gasteiger charge is -2.35. The molecule has 1 N–H and O–H groups in total. The first-order valence-electron chi connectivity index (χ1n) is 5.73. The van der Waals surface area contributed by atoms with Crippen molar-refractivity contribution >= 4 is 29.7 Å². The summed E-state index contributed by atoms with van der Waals surface area (Å²) in [5.74, 6) is 0.249. The number of nitrogens with zero attached hydrogens (tertiary/aromatic N) is 1. The molecule has 3 nitrogen and oxygen atoms in total. The molecular weight excluding hydrogens is 256 g/mol. The Morgan fingerprint density at radius 3 is 3.00 bits per heavy atom. The van der Waals surface area contributed by atoms with Crippen molar-refractivity contribution in [1.82, 2.24) is 10.2 Å². The molecule has 1 amide bonds. The molecule has 1 aromatic rings. The summed E-state index contributed by atoms with van der Waals surface area (Å²) in [6.45, 7) is 6.74. The van der Waals surface area contributed by atoms with Gasteiger partial charge in [-0.05, 0) is 36.2 Å². The van der Waals surface area contributed by atoms with E-state index in [9.17, 15) is 4.79 Å². The fourth-order valence-corrected chi connectivity index (χ4v) is 2.84. The van der Waals surface area contributed by atoms with Crippen molar-refractivity contribution in [3.8, 4) is 0 Å². The van der Waals surface area contributed by atoms with Gasteiger partial charge in [0.2, 0.25) is 5.91 Å². The summed E-state index contributed by atoms with van der Waals surface area (Å²) in [6, 6.07) is 2.35. The summed E-state index contributed by atoms with van der Waals surface area (Å²) in [5, 5.41) is 7.39. The van der Waals surface area contributed by atoms with Gasteiger partial charge in [-0.25, -0.2) is 0 Å². The zero-order valence-corrected chi connectivity index (χ0v) is 11.8. The molecule has 2 rings (SSSR count). The maximum Gasteiger partial charge on any atom is 0.230 e. The molecule has 0 radical (unpaired) electrons. The lowest BCUT2D eigenvalue weighted by atomic mass is 10.0. The highest BCUT2D eigenvalue weighted by atomic mass is 35.5. The average Bonchev–Trinajstić information content (AvgIpc) is 2.81. The Morgan fingerprint density at radius 2 is 2.41 bits per heavy atom. The van der Waals surface area contributed by atoms with Crippen LogP contribution in [0.3, 0.4) is 0 Å². The first kappa shape index (κ1) is 14.5. The molecule has 1 aromatic heterocycles. The Labute approximate surface area is 113 Å². The third-order valence-electron chi connectivity index (χ3n) is 3.20. The molecule has 1 aliphatic heterocycles. The molecule has 0 spiro atoms. The molecule has 17 heavy (non-hydrogen) atoms. The maximum atomic E-state index is 12.3. The molecule has 96 valence electrons. The van der Waals surface area contributed by atoms with Crippen LogP contribution >= 0.6 is 23.7 Å². The summed E-state index contributed by atoms with van der Waals surface area (Å²) in [4.78, 5) is 14.3. The SMILES string of the molecule is CC(C(=O)N1CCNC[C@@H]1C)c1ccsc1.Cl.